The number of hydrogen-bond acceptors (Lipinski definition) is 3. The van der Waals surface area contributed by atoms with E-state index in [-0.39, 0.29) is 5.63 Å². The summed E-state index contributed by atoms with van der Waals surface area (Å²) in [6.07, 6.45) is 0.969. The Hall–Kier alpha value is -1.90. The predicted octanol–water partition coefficient (Wildman–Crippen LogP) is 3.01. The van der Waals surface area contributed by atoms with Gasteiger partial charge in [0.25, 0.3) is 0 Å². The number of hydrogen-bond donors (Lipinski definition) is 0. The van der Waals surface area contributed by atoms with Crippen molar-refractivity contribution in [3.63, 3.8) is 0 Å². The fourth-order valence-corrected chi connectivity index (χ4v) is 1.68. The van der Waals surface area contributed by atoms with Crippen molar-refractivity contribution in [1.29, 1.82) is 0 Å². The number of benzene rings is 1. The van der Waals surface area contributed by atoms with Crippen LogP contribution in [0.2, 0.25) is 0 Å². The first-order chi connectivity index (χ1) is 8.22. The van der Waals surface area contributed by atoms with Crippen molar-refractivity contribution in [2.45, 2.75) is 20.3 Å². The van der Waals surface area contributed by atoms with E-state index < -0.39 is 0 Å². The summed E-state index contributed by atoms with van der Waals surface area (Å²) >= 11 is 0. The minimum Gasteiger partial charge on any atom is -0.422 e. The minimum absolute atomic E-state index is 0.318. The molecule has 0 atom stereocenters. The highest BCUT2D eigenvalue weighted by Crippen LogP contribution is 2.13. The molecular weight excluding hydrogens is 214 g/mol. The fraction of sp³-hybridized carbons (Fsp3) is 0.286. The Labute approximate surface area is 99.8 Å². The molecule has 0 aliphatic carbocycles. The molecule has 0 saturated heterocycles. The molecule has 3 nitrogen and oxygen atoms in total. The van der Waals surface area contributed by atoms with Crippen molar-refractivity contribution in [3.8, 4) is 0 Å². The minimum atomic E-state index is -0.318. The van der Waals surface area contributed by atoms with Gasteiger partial charge in [-0.25, -0.2) is 4.79 Å². The summed E-state index contributed by atoms with van der Waals surface area (Å²) in [7, 11) is 0. The molecule has 0 N–H and O–H groups in total. The highest BCUT2D eigenvalue weighted by atomic mass is 16.4. The standard InChI is InChI=1S/C14H15NO2/c1-3-8-15-10(2)12-9-11-6-4-5-7-13(11)17-14(12)16/h4-7,9H,3,8H2,1-2H3. The molecule has 0 aliphatic rings. The monoisotopic (exact) mass is 229 g/mol. The van der Waals surface area contributed by atoms with Crippen molar-refractivity contribution in [2.75, 3.05) is 6.54 Å². The number of aliphatic imine (C=N–C) groups is 1. The van der Waals surface area contributed by atoms with Crippen molar-refractivity contribution < 1.29 is 4.42 Å². The SMILES string of the molecule is CCCN=C(C)c1cc2ccccc2oc1=O. The molecule has 1 aromatic carbocycles. The maximum absolute atomic E-state index is 11.8. The Balaban J connectivity index is 2.55. The van der Waals surface area contributed by atoms with Gasteiger partial charge in [0, 0.05) is 17.6 Å². The van der Waals surface area contributed by atoms with Crippen LogP contribution in [-0.2, 0) is 0 Å². The molecule has 3 heteroatoms. The Kier molecular flexibility index (Phi) is 3.38. The van der Waals surface area contributed by atoms with Gasteiger partial charge in [0.1, 0.15) is 5.58 Å². The third kappa shape index (κ3) is 2.44. The summed E-state index contributed by atoms with van der Waals surface area (Å²) in [5, 5.41) is 0.924. The van der Waals surface area contributed by atoms with Crippen LogP contribution in [0.1, 0.15) is 25.8 Å². The molecule has 0 amide bonds. The van der Waals surface area contributed by atoms with Crippen molar-refractivity contribution in [1.82, 2.24) is 0 Å². The summed E-state index contributed by atoms with van der Waals surface area (Å²) in [5.74, 6) is 0. The molecule has 17 heavy (non-hydrogen) atoms. The summed E-state index contributed by atoms with van der Waals surface area (Å²) in [5.41, 5.74) is 1.59. The topological polar surface area (TPSA) is 42.6 Å². The van der Waals surface area contributed by atoms with E-state index in [0.717, 1.165) is 24.1 Å². The highest BCUT2D eigenvalue weighted by Gasteiger charge is 2.07. The molecule has 1 aromatic heterocycles. The molecule has 1 heterocycles. The van der Waals surface area contributed by atoms with E-state index in [0.29, 0.717) is 11.1 Å². The lowest BCUT2D eigenvalue weighted by atomic mass is 10.1. The lowest BCUT2D eigenvalue weighted by Gasteiger charge is -2.01. The van der Waals surface area contributed by atoms with Gasteiger partial charge in [-0.1, -0.05) is 25.1 Å². The second-order valence-electron chi connectivity index (χ2n) is 3.95. The van der Waals surface area contributed by atoms with Crippen LogP contribution in [0, 0.1) is 0 Å². The Bertz CT molecular complexity index is 611. The third-order valence-corrected chi connectivity index (χ3v) is 2.60. The van der Waals surface area contributed by atoms with Gasteiger partial charge in [-0.2, -0.15) is 0 Å². The zero-order chi connectivity index (χ0) is 12.3. The van der Waals surface area contributed by atoms with Crippen LogP contribution in [0.3, 0.4) is 0 Å². The van der Waals surface area contributed by atoms with E-state index in [1.807, 2.05) is 31.2 Å². The van der Waals surface area contributed by atoms with Gasteiger partial charge in [-0.15, -0.1) is 0 Å². The van der Waals surface area contributed by atoms with Gasteiger partial charge in [-0.05, 0) is 25.5 Å². The van der Waals surface area contributed by atoms with Gasteiger partial charge < -0.3 is 4.42 Å². The normalized spacial score (nSPS) is 12.0. The van der Waals surface area contributed by atoms with E-state index in [1.165, 1.54) is 0 Å². The summed E-state index contributed by atoms with van der Waals surface area (Å²) in [6.45, 7) is 4.63. The van der Waals surface area contributed by atoms with Crippen LogP contribution in [-0.4, -0.2) is 12.3 Å². The molecule has 0 saturated carbocycles. The van der Waals surface area contributed by atoms with Crippen LogP contribution in [0.4, 0.5) is 0 Å². The molecule has 0 bridgehead atoms. The van der Waals surface area contributed by atoms with Crippen molar-refractivity contribution in [3.05, 3.63) is 46.3 Å². The number of rotatable bonds is 3. The molecule has 0 aliphatic heterocycles. The summed E-state index contributed by atoms with van der Waals surface area (Å²) < 4.78 is 5.26. The average Bonchev–Trinajstić information content (AvgIpc) is 2.35. The molecule has 0 unspecified atom stereocenters. The molecular formula is C14H15NO2. The van der Waals surface area contributed by atoms with Gasteiger partial charge >= 0.3 is 5.63 Å². The Morgan fingerprint density at radius 3 is 2.88 bits per heavy atom. The van der Waals surface area contributed by atoms with Crippen LogP contribution in [0.25, 0.3) is 11.0 Å². The molecule has 0 fully saturated rings. The summed E-state index contributed by atoms with van der Waals surface area (Å²) in [4.78, 5) is 16.1. The third-order valence-electron chi connectivity index (χ3n) is 2.60. The first-order valence-corrected chi connectivity index (χ1v) is 5.76. The van der Waals surface area contributed by atoms with Gasteiger partial charge in [0.15, 0.2) is 0 Å². The van der Waals surface area contributed by atoms with Crippen LogP contribution in [0.15, 0.2) is 44.5 Å². The molecule has 2 aromatic rings. The predicted molar refractivity (Wildman–Crippen MR) is 69.9 cm³/mol. The first-order valence-electron chi connectivity index (χ1n) is 5.76. The second-order valence-corrected chi connectivity index (χ2v) is 3.95. The average molecular weight is 229 g/mol. The van der Waals surface area contributed by atoms with Crippen LogP contribution < -0.4 is 5.63 Å². The van der Waals surface area contributed by atoms with Crippen LogP contribution in [0.5, 0.6) is 0 Å². The highest BCUT2D eigenvalue weighted by molar-refractivity contribution is 6.00. The van der Waals surface area contributed by atoms with Crippen molar-refractivity contribution in [2.24, 2.45) is 4.99 Å². The summed E-state index contributed by atoms with van der Waals surface area (Å²) in [6, 6.07) is 9.33. The largest absolute Gasteiger partial charge is 0.422 e. The number of fused-ring (bicyclic) bond motifs is 1. The number of para-hydroxylation sites is 1. The lowest BCUT2D eigenvalue weighted by Crippen LogP contribution is -2.12. The second kappa shape index (κ2) is 4.95. The zero-order valence-electron chi connectivity index (χ0n) is 10.1. The first kappa shape index (κ1) is 11.6. The molecule has 0 radical (unpaired) electrons. The Morgan fingerprint density at radius 2 is 2.12 bits per heavy atom. The zero-order valence-corrected chi connectivity index (χ0v) is 10.1. The van der Waals surface area contributed by atoms with Gasteiger partial charge in [-0.3, -0.25) is 4.99 Å². The van der Waals surface area contributed by atoms with Gasteiger partial charge in [0.05, 0.1) is 5.56 Å². The lowest BCUT2D eigenvalue weighted by molar-refractivity contribution is 0.559. The molecule has 2 rings (SSSR count). The van der Waals surface area contributed by atoms with E-state index in [4.69, 9.17) is 4.42 Å². The maximum Gasteiger partial charge on any atom is 0.345 e. The van der Waals surface area contributed by atoms with E-state index in [1.54, 1.807) is 6.07 Å². The maximum atomic E-state index is 11.8. The quantitative estimate of drug-likeness (QED) is 0.599. The molecule has 88 valence electrons. The van der Waals surface area contributed by atoms with E-state index in [2.05, 4.69) is 11.9 Å². The van der Waals surface area contributed by atoms with Crippen LogP contribution >= 0.6 is 0 Å². The Morgan fingerprint density at radius 1 is 1.35 bits per heavy atom. The number of nitrogens with zero attached hydrogens (tertiary/aromatic N) is 1. The van der Waals surface area contributed by atoms with Gasteiger partial charge in [0.2, 0.25) is 0 Å². The van der Waals surface area contributed by atoms with E-state index >= 15 is 0 Å². The smallest absolute Gasteiger partial charge is 0.345 e. The van der Waals surface area contributed by atoms with E-state index in [9.17, 15) is 4.79 Å². The fourth-order valence-electron chi connectivity index (χ4n) is 1.68. The molecule has 0 spiro atoms. The van der Waals surface area contributed by atoms with Crippen molar-refractivity contribution >= 4 is 16.7 Å².